The average molecular weight is 617 g/mol. The quantitative estimate of drug-likeness (QED) is 0.234. The van der Waals surface area contributed by atoms with E-state index in [4.69, 9.17) is 40.2 Å². The highest BCUT2D eigenvalue weighted by Crippen LogP contribution is 2.45. The Hall–Kier alpha value is -3.31. The molecule has 1 fully saturated rings. The second-order valence-corrected chi connectivity index (χ2v) is 12.5. The first-order chi connectivity index (χ1) is 19.0. The summed E-state index contributed by atoms with van der Waals surface area (Å²) in [6.07, 6.45) is 2.84. The highest BCUT2D eigenvalue weighted by atomic mass is 35.5. The van der Waals surface area contributed by atoms with Gasteiger partial charge in [0.1, 0.15) is 5.75 Å². The number of sulfonamides is 1. The summed E-state index contributed by atoms with van der Waals surface area (Å²) >= 11 is 18.7. The second kappa shape index (κ2) is 10.9. The fraction of sp³-hybridized carbons (Fsp3) is 0.214. The molecule has 2 unspecified atom stereocenters. The summed E-state index contributed by atoms with van der Waals surface area (Å²) in [6, 6.07) is 18.0. The van der Waals surface area contributed by atoms with Gasteiger partial charge in [-0.15, -0.1) is 0 Å². The van der Waals surface area contributed by atoms with Gasteiger partial charge >= 0.3 is 0 Å². The van der Waals surface area contributed by atoms with E-state index < -0.39 is 10.0 Å². The van der Waals surface area contributed by atoms with Gasteiger partial charge in [-0.1, -0.05) is 29.3 Å². The molecule has 0 spiro atoms. The fourth-order valence-electron chi connectivity index (χ4n) is 5.19. The van der Waals surface area contributed by atoms with Crippen LogP contribution in [0.2, 0.25) is 10.0 Å². The number of nitrogens with one attached hydrogen (secondary N) is 2. The molecular weight excluding hydrogens is 589 g/mol. The van der Waals surface area contributed by atoms with E-state index in [0.29, 0.717) is 32.3 Å². The maximum absolute atomic E-state index is 12.1. The minimum atomic E-state index is -3.56. The van der Waals surface area contributed by atoms with Gasteiger partial charge in [-0.25, -0.2) is 8.42 Å². The topological polar surface area (TPSA) is 88.5 Å². The third-order valence-corrected chi connectivity index (χ3v) is 8.24. The van der Waals surface area contributed by atoms with Crippen LogP contribution < -0.4 is 19.7 Å². The maximum atomic E-state index is 12.1. The van der Waals surface area contributed by atoms with Gasteiger partial charge in [0, 0.05) is 28.3 Å². The monoisotopic (exact) mass is 615 g/mol. The summed E-state index contributed by atoms with van der Waals surface area (Å²) < 4.78 is 34.3. The minimum Gasteiger partial charge on any atom is -0.495 e. The molecule has 2 N–H and O–H groups in total. The molecule has 1 aliphatic rings. The molecule has 8 nitrogen and oxygen atoms in total. The number of anilines is 2. The zero-order valence-electron chi connectivity index (χ0n) is 22.1. The number of aryl methyl sites for hydroxylation is 1. The van der Waals surface area contributed by atoms with Crippen molar-refractivity contribution in [1.29, 1.82) is 0 Å². The number of aromatic nitrogens is 2. The zero-order chi connectivity index (χ0) is 28.8. The Labute approximate surface area is 248 Å². The van der Waals surface area contributed by atoms with Gasteiger partial charge in [0.15, 0.2) is 5.11 Å². The van der Waals surface area contributed by atoms with Crippen LogP contribution in [0.3, 0.4) is 0 Å². The average Bonchev–Trinajstić information content (AvgIpc) is 3.39. The first kappa shape index (κ1) is 28.2. The van der Waals surface area contributed by atoms with E-state index >= 15 is 0 Å². The van der Waals surface area contributed by atoms with Crippen molar-refractivity contribution >= 4 is 61.9 Å². The first-order valence-corrected chi connectivity index (χ1v) is 15.3. The predicted octanol–water partition coefficient (Wildman–Crippen LogP) is 6.35. The molecule has 3 heterocycles. The van der Waals surface area contributed by atoms with Crippen molar-refractivity contribution in [2.45, 2.75) is 25.9 Å². The third kappa shape index (κ3) is 5.36. The number of nitrogens with zero attached hydrogens (tertiary/aromatic N) is 3. The number of hydrogen-bond donors (Lipinski definition) is 2. The standard InChI is InChI=1S/C28H27Cl2N5O3S2/c1-16-13-20(17(2)34(16)24-10-8-18(29)14-21(24)30)27-26(22-7-5-6-12-31-22)32-28(39)35(27)19-9-11-25(38-3)23(15-19)33-40(4,36)37/h5-15,26-27,33H,1-4H3,(H,32,39). The van der Waals surface area contributed by atoms with Gasteiger partial charge in [-0.3, -0.25) is 9.71 Å². The molecule has 0 radical (unpaired) electrons. The Balaban J connectivity index is 1.69. The van der Waals surface area contributed by atoms with Gasteiger partial charge in [0.25, 0.3) is 0 Å². The Kier molecular flexibility index (Phi) is 7.71. The molecule has 2 atom stereocenters. The summed E-state index contributed by atoms with van der Waals surface area (Å²) in [5.74, 6) is 0.389. The SMILES string of the molecule is COc1ccc(N2C(=S)NC(c3ccccn3)C2c2cc(C)n(-c3ccc(Cl)cc3Cl)c2C)cc1NS(C)(=O)=O. The van der Waals surface area contributed by atoms with Gasteiger partial charge in [0.2, 0.25) is 10.0 Å². The highest BCUT2D eigenvalue weighted by molar-refractivity contribution is 7.92. The lowest BCUT2D eigenvalue weighted by Gasteiger charge is -2.29. The molecule has 40 heavy (non-hydrogen) atoms. The van der Waals surface area contributed by atoms with Crippen LogP contribution in [0.5, 0.6) is 5.75 Å². The minimum absolute atomic E-state index is 0.295. The van der Waals surface area contributed by atoms with Crippen LogP contribution >= 0.6 is 35.4 Å². The largest absolute Gasteiger partial charge is 0.495 e. The number of rotatable bonds is 7. The Morgan fingerprint density at radius 2 is 1.85 bits per heavy atom. The lowest BCUT2D eigenvalue weighted by atomic mass is 9.96. The van der Waals surface area contributed by atoms with E-state index in [1.807, 2.05) is 55.1 Å². The molecule has 208 valence electrons. The van der Waals surface area contributed by atoms with E-state index in [1.54, 1.807) is 24.4 Å². The van der Waals surface area contributed by atoms with Crippen molar-refractivity contribution < 1.29 is 13.2 Å². The van der Waals surface area contributed by atoms with E-state index in [2.05, 4.69) is 25.7 Å². The van der Waals surface area contributed by atoms with Crippen molar-refractivity contribution in [3.8, 4) is 11.4 Å². The van der Waals surface area contributed by atoms with Crippen molar-refractivity contribution in [3.63, 3.8) is 0 Å². The number of methoxy groups -OCH3 is 1. The van der Waals surface area contributed by atoms with Crippen molar-refractivity contribution in [3.05, 3.63) is 99.6 Å². The smallest absolute Gasteiger partial charge is 0.229 e. The van der Waals surface area contributed by atoms with Crippen LogP contribution in [-0.4, -0.2) is 36.4 Å². The number of benzene rings is 2. The number of ether oxygens (including phenoxy) is 1. The zero-order valence-corrected chi connectivity index (χ0v) is 25.3. The first-order valence-electron chi connectivity index (χ1n) is 12.3. The molecule has 5 rings (SSSR count). The van der Waals surface area contributed by atoms with E-state index in [-0.39, 0.29) is 12.1 Å². The van der Waals surface area contributed by atoms with Crippen molar-refractivity contribution in [1.82, 2.24) is 14.9 Å². The molecule has 0 amide bonds. The second-order valence-electron chi connectivity index (χ2n) is 9.51. The summed E-state index contributed by atoms with van der Waals surface area (Å²) in [5.41, 5.74) is 5.56. The maximum Gasteiger partial charge on any atom is 0.229 e. The molecule has 0 bridgehead atoms. The molecule has 2 aromatic carbocycles. The summed E-state index contributed by atoms with van der Waals surface area (Å²) in [5, 5.41) is 5.02. The summed E-state index contributed by atoms with van der Waals surface area (Å²) in [7, 11) is -2.07. The molecule has 1 aliphatic heterocycles. The molecule has 1 saturated heterocycles. The Morgan fingerprint density at radius 3 is 2.50 bits per heavy atom. The van der Waals surface area contributed by atoms with Crippen LogP contribution in [0.4, 0.5) is 11.4 Å². The molecule has 0 aliphatic carbocycles. The number of pyridine rings is 1. The number of thiocarbonyl (C=S) groups is 1. The van der Waals surface area contributed by atoms with Crippen LogP contribution in [0.1, 0.15) is 34.7 Å². The normalized spacial score (nSPS) is 17.1. The van der Waals surface area contributed by atoms with Crippen LogP contribution in [0.25, 0.3) is 5.69 Å². The lowest BCUT2D eigenvalue weighted by Crippen LogP contribution is -2.29. The van der Waals surface area contributed by atoms with Crippen LogP contribution in [-0.2, 0) is 10.0 Å². The summed E-state index contributed by atoms with van der Waals surface area (Å²) in [4.78, 5) is 6.61. The van der Waals surface area contributed by atoms with Gasteiger partial charge < -0.3 is 19.5 Å². The molecular formula is C28H27Cl2N5O3S2. The molecule has 4 aromatic rings. The third-order valence-electron chi connectivity index (χ3n) is 6.79. The van der Waals surface area contributed by atoms with E-state index in [1.165, 1.54) is 7.11 Å². The summed E-state index contributed by atoms with van der Waals surface area (Å²) in [6.45, 7) is 4.05. The van der Waals surface area contributed by atoms with Gasteiger partial charge in [-0.2, -0.15) is 0 Å². The van der Waals surface area contributed by atoms with Gasteiger partial charge in [0.05, 0.1) is 47.5 Å². The number of hydrogen-bond acceptors (Lipinski definition) is 5. The van der Waals surface area contributed by atoms with Crippen molar-refractivity contribution in [2.24, 2.45) is 0 Å². The predicted molar refractivity (Wildman–Crippen MR) is 165 cm³/mol. The number of halogens is 2. The lowest BCUT2D eigenvalue weighted by molar-refractivity contribution is 0.417. The Morgan fingerprint density at radius 1 is 1.07 bits per heavy atom. The fourth-order valence-corrected chi connectivity index (χ4v) is 6.59. The van der Waals surface area contributed by atoms with Crippen molar-refractivity contribution in [2.75, 3.05) is 23.0 Å². The Bertz CT molecular complexity index is 1710. The van der Waals surface area contributed by atoms with Gasteiger partial charge in [-0.05, 0) is 86.2 Å². The van der Waals surface area contributed by atoms with E-state index in [0.717, 1.165) is 34.6 Å². The highest BCUT2D eigenvalue weighted by Gasteiger charge is 2.42. The van der Waals surface area contributed by atoms with E-state index in [9.17, 15) is 8.42 Å². The molecule has 2 aromatic heterocycles. The molecule has 12 heteroatoms. The molecule has 0 saturated carbocycles. The van der Waals surface area contributed by atoms with Crippen LogP contribution in [0, 0.1) is 13.8 Å². The van der Waals surface area contributed by atoms with Crippen LogP contribution in [0.15, 0.2) is 66.9 Å².